The molecule has 1 aliphatic heterocycles. The summed E-state index contributed by atoms with van der Waals surface area (Å²) in [6.07, 6.45) is 0.992. The second-order valence-corrected chi connectivity index (χ2v) is 7.36. The average Bonchev–Trinajstić information content (AvgIpc) is 3.25. The maximum atomic E-state index is 12.5. The summed E-state index contributed by atoms with van der Waals surface area (Å²) in [6.45, 7) is 0.339. The second kappa shape index (κ2) is 8.35. The van der Waals surface area contributed by atoms with Crippen molar-refractivity contribution in [2.75, 3.05) is 19.3 Å². The number of imide groups is 1. The lowest BCUT2D eigenvalue weighted by atomic mass is 10.1. The molecule has 2 heterocycles. The first-order valence-electron chi connectivity index (χ1n) is 10.00. The standard InChI is InChI=1S/C23H20N6O3/c1-28-22(31)16-10-9-14(12-17(16)23(28)32)21(30)26-11-5-8-19-18(13-24)20(25)29(27-19)15-6-3-2-4-7-15/h2-4,6-7,9-10,12H,5,8,11,25H2,1H3,(H,26,30). The number of carbonyl (C=O) groups is 3. The molecule has 9 nitrogen and oxygen atoms in total. The molecule has 32 heavy (non-hydrogen) atoms. The molecule has 0 saturated heterocycles. The number of aromatic nitrogens is 2. The molecule has 2 aromatic carbocycles. The van der Waals surface area contributed by atoms with Crippen LogP contribution in [0, 0.1) is 11.3 Å². The molecular weight excluding hydrogens is 408 g/mol. The van der Waals surface area contributed by atoms with E-state index in [0.717, 1.165) is 10.6 Å². The minimum absolute atomic E-state index is 0.228. The number of benzene rings is 2. The van der Waals surface area contributed by atoms with Gasteiger partial charge in [0.05, 0.1) is 22.5 Å². The predicted octanol–water partition coefficient (Wildman–Crippen LogP) is 1.91. The first kappa shape index (κ1) is 20.8. The van der Waals surface area contributed by atoms with Crippen LogP contribution in [0.4, 0.5) is 5.82 Å². The molecular formula is C23H20N6O3. The number of rotatable bonds is 6. The van der Waals surface area contributed by atoms with Gasteiger partial charge in [0.2, 0.25) is 0 Å². The summed E-state index contributed by atoms with van der Waals surface area (Å²) < 4.78 is 1.53. The number of aryl methyl sites for hydroxylation is 1. The summed E-state index contributed by atoms with van der Waals surface area (Å²) in [5, 5.41) is 16.7. The monoisotopic (exact) mass is 428 g/mol. The van der Waals surface area contributed by atoms with Gasteiger partial charge in [0, 0.05) is 19.2 Å². The fraction of sp³-hybridized carbons (Fsp3) is 0.174. The Balaban J connectivity index is 1.39. The molecule has 0 fully saturated rings. The summed E-state index contributed by atoms with van der Waals surface area (Å²) in [6, 6.07) is 15.9. The molecule has 0 radical (unpaired) electrons. The van der Waals surface area contributed by atoms with Gasteiger partial charge in [0.1, 0.15) is 17.5 Å². The van der Waals surface area contributed by atoms with Crippen molar-refractivity contribution in [3.8, 4) is 11.8 Å². The van der Waals surface area contributed by atoms with E-state index in [1.807, 2.05) is 30.3 Å². The Morgan fingerprint density at radius 3 is 2.56 bits per heavy atom. The molecule has 3 aromatic rings. The molecule has 9 heteroatoms. The molecule has 4 rings (SSSR count). The van der Waals surface area contributed by atoms with Crippen LogP contribution in [-0.4, -0.2) is 46.0 Å². The number of amides is 3. The van der Waals surface area contributed by atoms with Crippen LogP contribution >= 0.6 is 0 Å². The molecule has 3 N–H and O–H groups in total. The van der Waals surface area contributed by atoms with Crippen molar-refractivity contribution in [3.63, 3.8) is 0 Å². The van der Waals surface area contributed by atoms with E-state index in [4.69, 9.17) is 5.73 Å². The molecule has 1 aromatic heterocycles. The highest BCUT2D eigenvalue weighted by Gasteiger charge is 2.33. The first-order chi connectivity index (χ1) is 15.4. The molecule has 0 unspecified atom stereocenters. The lowest BCUT2D eigenvalue weighted by Crippen LogP contribution is -2.25. The number of anilines is 1. The number of hydrogen-bond acceptors (Lipinski definition) is 6. The third-order valence-corrected chi connectivity index (χ3v) is 5.33. The molecule has 3 amide bonds. The van der Waals surface area contributed by atoms with E-state index in [-0.39, 0.29) is 23.2 Å². The van der Waals surface area contributed by atoms with Crippen molar-refractivity contribution in [2.45, 2.75) is 12.8 Å². The Bertz CT molecular complexity index is 1270. The zero-order chi connectivity index (χ0) is 22.8. The summed E-state index contributed by atoms with van der Waals surface area (Å²) >= 11 is 0. The zero-order valence-corrected chi connectivity index (χ0v) is 17.3. The maximum Gasteiger partial charge on any atom is 0.261 e. The SMILES string of the molecule is CN1C(=O)c2ccc(C(=O)NCCCc3nn(-c4ccccc4)c(N)c3C#N)cc2C1=O. The topological polar surface area (TPSA) is 134 Å². The van der Waals surface area contributed by atoms with E-state index in [1.54, 1.807) is 0 Å². The first-order valence-corrected chi connectivity index (χ1v) is 10.00. The van der Waals surface area contributed by atoms with Crippen molar-refractivity contribution >= 4 is 23.5 Å². The van der Waals surface area contributed by atoms with Gasteiger partial charge in [-0.25, -0.2) is 4.68 Å². The van der Waals surface area contributed by atoms with Gasteiger partial charge >= 0.3 is 0 Å². The Morgan fingerprint density at radius 2 is 1.84 bits per heavy atom. The van der Waals surface area contributed by atoms with Crippen molar-refractivity contribution in [1.29, 1.82) is 5.26 Å². The largest absolute Gasteiger partial charge is 0.382 e. The van der Waals surface area contributed by atoms with Crippen LogP contribution in [0.2, 0.25) is 0 Å². The summed E-state index contributed by atoms with van der Waals surface area (Å²) in [4.78, 5) is 37.6. The van der Waals surface area contributed by atoms with Crippen LogP contribution in [0.5, 0.6) is 0 Å². The highest BCUT2D eigenvalue weighted by molar-refractivity contribution is 6.21. The molecule has 0 saturated carbocycles. The van der Waals surface area contributed by atoms with Gasteiger partial charge in [-0.3, -0.25) is 19.3 Å². The predicted molar refractivity (Wildman–Crippen MR) is 116 cm³/mol. The normalized spacial score (nSPS) is 12.6. The second-order valence-electron chi connectivity index (χ2n) is 7.36. The fourth-order valence-corrected chi connectivity index (χ4v) is 3.60. The highest BCUT2D eigenvalue weighted by atomic mass is 16.2. The van der Waals surface area contributed by atoms with E-state index < -0.39 is 5.91 Å². The Kier molecular flexibility index (Phi) is 5.43. The third kappa shape index (κ3) is 3.58. The Hall–Kier alpha value is -4.45. The average molecular weight is 428 g/mol. The number of hydrogen-bond donors (Lipinski definition) is 2. The van der Waals surface area contributed by atoms with Crippen molar-refractivity contribution < 1.29 is 14.4 Å². The third-order valence-electron chi connectivity index (χ3n) is 5.33. The van der Waals surface area contributed by atoms with Crippen LogP contribution in [0.25, 0.3) is 5.69 Å². The number of carbonyl (C=O) groups excluding carboxylic acids is 3. The maximum absolute atomic E-state index is 12.5. The number of nitriles is 1. The Labute approximate surface area is 184 Å². The number of fused-ring (bicyclic) bond motifs is 1. The van der Waals surface area contributed by atoms with Crippen molar-refractivity contribution in [1.82, 2.24) is 20.0 Å². The molecule has 0 aliphatic carbocycles. The van der Waals surface area contributed by atoms with Crippen molar-refractivity contribution in [2.24, 2.45) is 0 Å². The molecule has 0 bridgehead atoms. The van der Waals surface area contributed by atoms with Gasteiger partial charge < -0.3 is 11.1 Å². The van der Waals surface area contributed by atoms with Gasteiger partial charge in [0.25, 0.3) is 17.7 Å². The smallest absolute Gasteiger partial charge is 0.261 e. The van der Waals surface area contributed by atoms with Crippen LogP contribution in [0.15, 0.2) is 48.5 Å². The number of para-hydroxylation sites is 1. The van der Waals surface area contributed by atoms with Crippen LogP contribution < -0.4 is 11.1 Å². The van der Waals surface area contributed by atoms with Crippen LogP contribution in [-0.2, 0) is 6.42 Å². The lowest BCUT2D eigenvalue weighted by Gasteiger charge is -2.06. The van der Waals surface area contributed by atoms with Gasteiger partial charge in [-0.1, -0.05) is 18.2 Å². The molecule has 1 aliphatic rings. The number of nitrogens with zero attached hydrogens (tertiary/aromatic N) is 4. The summed E-state index contributed by atoms with van der Waals surface area (Å²) in [5.41, 5.74) is 8.58. The molecule has 0 atom stereocenters. The van der Waals surface area contributed by atoms with E-state index in [1.165, 1.54) is 29.9 Å². The number of nitrogen functional groups attached to an aromatic ring is 1. The van der Waals surface area contributed by atoms with E-state index in [9.17, 15) is 19.6 Å². The number of nitrogens with one attached hydrogen (secondary N) is 1. The van der Waals surface area contributed by atoms with Gasteiger partial charge in [0.15, 0.2) is 0 Å². The van der Waals surface area contributed by atoms with Gasteiger partial charge in [-0.2, -0.15) is 10.4 Å². The highest BCUT2D eigenvalue weighted by Crippen LogP contribution is 2.23. The zero-order valence-electron chi connectivity index (χ0n) is 17.3. The number of nitrogens with two attached hydrogens (primary N) is 1. The van der Waals surface area contributed by atoms with Gasteiger partial charge in [-0.15, -0.1) is 0 Å². The van der Waals surface area contributed by atoms with E-state index >= 15 is 0 Å². The minimum Gasteiger partial charge on any atom is -0.382 e. The fourth-order valence-electron chi connectivity index (χ4n) is 3.60. The summed E-state index contributed by atoms with van der Waals surface area (Å²) in [5.74, 6) is -0.868. The van der Waals surface area contributed by atoms with E-state index in [0.29, 0.717) is 41.8 Å². The quantitative estimate of drug-likeness (QED) is 0.455. The van der Waals surface area contributed by atoms with Crippen LogP contribution in [0.3, 0.4) is 0 Å². The minimum atomic E-state index is -0.421. The van der Waals surface area contributed by atoms with Crippen LogP contribution in [0.1, 0.15) is 48.8 Å². The molecule has 0 spiro atoms. The summed E-state index contributed by atoms with van der Waals surface area (Å²) in [7, 11) is 1.41. The van der Waals surface area contributed by atoms with Gasteiger partial charge in [-0.05, 0) is 43.2 Å². The molecule has 160 valence electrons. The van der Waals surface area contributed by atoms with E-state index in [2.05, 4.69) is 16.5 Å². The lowest BCUT2D eigenvalue weighted by molar-refractivity contribution is 0.0693. The Morgan fingerprint density at radius 1 is 1.12 bits per heavy atom. The van der Waals surface area contributed by atoms with Crippen molar-refractivity contribution in [3.05, 3.63) is 76.5 Å².